The molecule has 0 unspecified atom stereocenters. The Kier molecular flexibility index (Phi) is 3.10. The Morgan fingerprint density at radius 3 is 2.36 bits per heavy atom. The van der Waals surface area contributed by atoms with Crippen LogP contribution < -0.4 is 9.47 Å². The van der Waals surface area contributed by atoms with Crippen molar-refractivity contribution in [2.45, 2.75) is 6.29 Å². The molecule has 1 aliphatic rings. The summed E-state index contributed by atoms with van der Waals surface area (Å²) in [5.74, 6) is 0.109. The molecule has 0 amide bonds. The van der Waals surface area contributed by atoms with Gasteiger partial charge in [0.1, 0.15) is 0 Å². The molecule has 0 fully saturated rings. The quantitative estimate of drug-likeness (QED) is 0.667. The highest BCUT2D eigenvalue weighted by Crippen LogP contribution is 2.41. The first-order valence-electron chi connectivity index (χ1n) is 3.62. The molecule has 0 saturated carbocycles. The van der Waals surface area contributed by atoms with E-state index in [1.54, 1.807) is 6.07 Å². The van der Waals surface area contributed by atoms with Crippen LogP contribution in [0.25, 0.3) is 0 Å². The van der Waals surface area contributed by atoms with E-state index in [1.165, 1.54) is 12.1 Å². The second-order valence-electron chi connectivity index (χ2n) is 2.26. The minimum absolute atomic E-state index is 0.0503. The van der Waals surface area contributed by atoms with Gasteiger partial charge in [-0.3, -0.25) is 0 Å². The van der Waals surface area contributed by atoms with E-state index >= 15 is 0 Å². The fraction of sp³-hybridized carbons (Fsp3) is 0.111. The third kappa shape index (κ3) is 2.23. The van der Waals surface area contributed by atoms with Crippen molar-refractivity contribution in [3.8, 4) is 11.5 Å². The summed E-state index contributed by atoms with van der Waals surface area (Å²) in [5, 5.41) is 0. The van der Waals surface area contributed by atoms with Gasteiger partial charge in [0, 0.05) is 4.47 Å². The molecular weight excluding hydrogens is 258 g/mol. The first-order valence-corrected chi connectivity index (χ1v) is 4.41. The molecule has 0 aliphatic carbocycles. The number of fused-ring (bicyclic) bond motifs is 1. The monoisotopic (exact) mass is 264 g/mol. The van der Waals surface area contributed by atoms with Crippen molar-refractivity contribution in [1.82, 2.24) is 0 Å². The summed E-state index contributed by atoms with van der Waals surface area (Å²) in [6, 6.07) is 4.44. The zero-order valence-electron chi connectivity index (χ0n) is 7.10. The number of benzene rings is 1. The fourth-order valence-electron chi connectivity index (χ4n) is 0.923. The maximum atomic E-state index is 12.4. The summed E-state index contributed by atoms with van der Waals surface area (Å²) in [7, 11) is 0. The van der Waals surface area contributed by atoms with E-state index in [2.05, 4.69) is 38.6 Å². The van der Waals surface area contributed by atoms with Crippen molar-refractivity contribution in [3.63, 3.8) is 0 Å². The minimum atomic E-state index is -3.52. The van der Waals surface area contributed by atoms with Crippen LogP contribution in [0.15, 0.2) is 35.8 Å². The topological polar surface area (TPSA) is 18.5 Å². The van der Waals surface area contributed by atoms with E-state index in [4.69, 9.17) is 0 Å². The second kappa shape index (κ2) is 3.96. The van der Waals surface area contributed by atoms with E-state index in [0.29, 0.717) is 4.47 Å². The van der Waals surface area contributed by atoms with Crippen molar-refractivity contribution < 1.29 is 18.3 Å². The Morgan fingerprint density at radius 2 is 1.71 bits per heavy atom. The Morgan fingerprint density at radius 1 is 1.14 bits per heavy atom. The lowest BCUT2D eigenvalue weighted by atomic mass is 10.3. The van der Waals surface area contributed by atoms with Gasteiger partial charge < -0.3 is 9.47 Å². The SMILES string of the molecule is C=C.FC1(F)Oc2ccc(Br)cc2O1. The third-order valence-electron chi connectivity index (χ3n) is 1.36. The standard InChI is InChI=1S/C7H3BrF2O2.C2H4/c8-4-1-2-5-6(3-4)12-7(9,10)11-5;1-2/h1-3H;1-2H2. The summed E-state index contributed by atoms with van der Waals surface area (Å²) >= 11 is 3.12. The molecule has 1 aromatic rings. The van der Waals surface area contributed by atoms with Gasteiger partial charge in [-0.1, -0.05) is 15.9 Å². The number of halogens is 3. The molecule has 0 spiro atoms. The van der Waals surface area contributed by atoms with Crippen molar-refractivity contribution >= 4 is 15.9 Å². The van der Waals surface area contributed by atoms with Crippen molar-refractivity contribution in [1.29, 1.82) is 0 Å². The van der Waals surface area contributed by atoms with Crippen LogP contribution in [-0.4, -0.2) is 6.29 Å². The lowest BCUT2D eigenvalue weighted by Crippen LogP contribution is -2.25. The van der Waals surface area contributed by atoms with Crippen LogP contribution in [0.2, 0.25) is 0 Å². The number of rotatable bonds is 0. The summed E-state index contributed by atoms with van der Waals surface area (Å²) < 4.78 is 33.8. The smallest absolute Gasteiger partial charge is 0.395 e. The minimum Gasteiger partial charge on any atom is -0.395 e. The third-order valence-corrected chi connectivity index (χ3v) is 1.86. The number of hydrogen-bond acceptors (Lipinski definition) is 2. The van der Waals surface area contributed by atoms with Gasteiger partial charge in [-0.05, 0) is 18.2 Å². The average Bonchev–Trinajstić information content (AvgIpc) is 2.41. The van der Waals surface area contributed by atoms with Gasteiger partial charge in [0.15, 0.2) is 11.5 Å². The lowest BCUT2D eigenvalue weighted by molar-refractivity contribution is -0.286. The highest BCUT2D eigenvalue weighted by molar-refractivity contribution is 9.10. The predicted molar refractivity (Wildman–Crippen MR) is 51.6 cm³/mol. The molecule has 5 heteroatoms. The molecule has 0 bridgehead atoms. The Hall–Kier alpha value is -1.10. The summed E-state index contributed by atoms with van der Waals surface area (Å²) in [5.41, 5.74) is 0. The van der Waals surface area contributed by atoms with Crippen LogP contribution in [0.5, 0.6) is 11.5 Å². The molecular formula is C9H7BrF2O2. The summed E-state index contributed by atoms with van der Waals surface area (Å²) in [6.45, 7) is 6.00. The second-order valence-corrected chi connectivity index (χ2v) is 3.17. The number of hydrogen-bond donors (Lipinski definition) is 0. The van der Waals surface area contributed by atoms with E-state index in [0.717, 1.165) is 0 Å². The number of alkyl halides is 2. The van der Waals surface area contributed by atoms with Crippen LogP contribution in [0.1, 0.15) is 0 Å². The van der Waals surface area contributed by atoms with Gasteiger partial charge in [-0.2, -0.15) is 0 Å². The van der Waals surface area contributed by atoms with E-state index in [-0.39, 0.29) is 11.5 Å². The molecule has 0 aromatic heterocycles. The number of ether oxygens (including phenoxy) is 2. The molecule has 2 nitrogen and oxygen atoms in total. The molecule has 1 aliphatic heterocycles. The van der Waals surface area contributed by atoms with Crippen LogP contribution in [0.3, 0.4) is 0 Å². The van der Waals surface area contributed by atoms with Crippen LogP contribution in [0.4, 0.5) is 8.78 Å². The zero-order valence-corrected chi connectivity index (χ0v) is 8.68. The van der Waals surface area contributed by atoms with E-state index in [1.807, 2.05) is 0 Å². The van der Waals surface area contributed by atoms with Gasteiger partial charge in [-0.15, -0.1) is 21.9 Å². The van der Waals surface area contributed by atoms with E-state index in [9.17, 15) is 8.78 Å². The van der Waals surface area contributed by atoms with E-state index < -0.39 is 6.29 Å². The maximum absolute atomic E-state index is 12.4. The van der Waals surface area contributed by atoms with Gasteiger partial charge in [0.25, 0.3) is 0 Å². The first kappa shape index (κ1) is 11.0. The molecule has 0 radical (unpaired) electrons. The zero-order chi connectivity index (χ0) is 10.8. The van der Waals surface area contributed by atoms with Crippen molar-refractivity contribution in [3.05, 3.63) is 35.8 Å². The molecule has 1 aromatic carbocycles. The fourth-order valence-corrected chi connectivity index (χ4v) is 1.26. The summed E-state index contributed by atoms with van der Waals surface area (Å²) in [4.78, 5) is 0. The van der Waals surface area contributed by atoms with Gasteiger partial charge >= 0.3 is 6.29 Å². The normalized spacial score (nSPS) is 15.6. The first-order chi connectivity index (χ1) is 6.57. The van der Waals surface area contributed by atoms with Gasteiger partial charge in [0.2, 0.25) is 0 Å². The molecule has 76 valence electrons. The average molecular weight is 265 g/mol. The van der Waals surface area contributed by atoms with Crippen LogP contribution in [-0.2, 0) is 0 Å². The Balaban J connectivity index is 0.000000461. The maximum Gasteiger partial charge on any atom is 0.586 e. The molecule has 2 rings (SSSR count). The Labute approximate surface area is 88.3 Å². The van der Waals surface area contributed by atoms with Crippen LogP contribution in [0, 0.1) is 0 Å². The largest absolute Gasteiger partial charge is 0.586 e. The van der Waals surface area contributed by atoms with Crippen molar-refractivity contribution in [2.24, 2.45) is 0 Å². The highest BCUT2D eigenvalue weighted by atomic mass is 79.9. The molecule has 0 saturated heterocycles. The molecule has 14 heavy (non-hydrogen) atoms. The molecule has 0 atom stereocenters. The van der Waals surface area contributed by atoms with Crippen LogP contribution >= 0.6 is 15.9 Å². The predicted octanol–water partition coefficient (Wildman–Crippen LogP) is 3.57. The Bertz CT molecular complexity index is 342. The van der Waals surface area contributed by atoms with Gasteiger partial charge in [0.05, 0.1) is 0 Å². The molecule has 0 N–H and O–H groups in total. The molecule has 1 heterocycles. The van der Waals surface area contributed by atoms with Gasteiger partial charge in [-0.25, -0.2) is 0 Å². The summed E-state index contributed by atoms with van der Waals surface area (Å²) in [6.07, 6.45) is -3.52. The lowest BCUT2D eigenvalue weighted by Gasteiger charge is -2.04. The highest BCUT2D eigenvalue weighted by Gasteiger charge is 2.43. The van der Waals surface area contributed by atoms with Crippen molar-refractivity contribution in [2.75, 3.05) is 0 Å².